The molecular formula is C25H23N3O3S2. The molecule has 0 unspecified atom stereocenters. The molecule has 1 heterocycles. The van der Waals surface area contributed by atoms with Crippen molar-refractivity contribution in [2.24, 2.45) is 4.99 Å². The van der Waals surface area contributed by atoms with Crippen molar-refractivity contribution in [3.8, 4) is 0 Å². The average molecular weight is 478 g/mol. The van der Waals surface area contributed by atoms with Crippen LogP contribution in [-0.4, -0.2) is 18.9 Å². The molecule has 1 N–H and O–H groups in total. The minimum absolute atomic E-state index is 0.114. The molecule has 0 spiro atoms. The van der Waals surface area contributed by atoms with Crippen LogP contribution in [0, 0.1) is 13.8 Å². The van der Waals surface area contributed by atoms with E-state index < -0.39 is 15.9 Å². The van der Waals surface area contributed by atoms with Crippen LogP contribution in [0.3, 0.4) is 0 Å². The van der Waals surface area contributed by atoms with Gasteiger partial charge in [0.15, 0.2) is 4.80 Å². The highest BCUT2D eigenvalue weighted by molar-refractivity contribution is 7.92. The molecule has 0 radical (unpaired) electrons. The summed E-state index contributed by atoms with van der Waals surface area (Å²) in [6.45, 7) is 8.41. The minimum Gasteiger partial charge on any atom is -0.312 e. The number of rotatable bonds is 6. The molecule has 0 bridgehead atoms. The second kappa shape index (κ2) is 9.17. The number of thiazole rings is 1. The monoisotopic (exact) mass is 477 g/mol. The van der Waals surface area contributed by atoms with Crippen LogP contribution in [0.4, 0.5) is 5.69 Å². The van der Waals surface area contributed by atoms with Gasteiger partial charge in [0, 0.05) is 6.54 Å². The molecule has 33 heavy (non-hydrogen) atoms. The zero-order valence-corrected chi connectivity index (χ0v) is 19.9. The Balaban J connectivity index is 1.78. The van der Waals surface area contributed by atoms with Crippen LogP contribution >= 0.6 is 11.3 Å². The molecule has 0 saturated carbocycles. The number of aromatic nitrogens is 1. The van der Waals surface area contributed by atoms with E-state index in [9.17, 15) is 13.2 Å². The minimum atomic E-state index is -3.85. The summed E-state index contributed by atoms with van der Waals surface area (Å²) in [6.07, 6.45) is 1.76. The molecule has 0 aliphatic heterocycles. The lowest BCUT2D eigenvalue weighted by Gasteiger charge is -2.10. The standard InChI is InChI=1S/C25H23N3O3S2/c1-4-14-28-22-15-17(2)18(3)16-23(22)32-25(28)26-24(29)20-12-8-9-13-21(20)27-33(30,31)19-10-6-5-7-11-19/h4-13,15-16,27H,1,14H2,2-3H3. The first-order valence-corrected chi connectivity index (χ1v) is 12.6. The predicted octanol–water partition coefficient (Wildman–Crippen LogP) is 5.05. The van der Waals surface area contributed by atoms with E-state index in [4.69, 9.17) is 0 Å². The zero-order valence-electron chi connectivity index (χ0n) is 18.3. The van der Waals surface area contributed by atoms with Gasteiger partial charge in [0.25, 0.3) is 15.9 Å². The van der Waals surface area contributed by atoms with Crippen LogP contribution in [0.15, 0.2) is 89.3 Å². The number of sulfonamides is 1. The fourth-order valence-electron chi connectivity index (χ4n) is 3.42. The van der Waals surface area contributed by atoms with Crippen molar-refractivity contribution in [1.29, 1.82) is 0 Å². The van der Waals surface area contributed by atoms with Crippen molar-refractivity contribution < 1.29 is 13.2 Å². The Kier molecular flexibility index (Phi) is 6.31. The van der Waals surface area contributed by atoms with Gasteiger partial charge in [-0.3, -0.25) is 9.52 Å². The van der Waals surface area contributed by atoms with E-state index in [-0.39, 0.29) is 16.1 Å². The summed E-state index contributed by atoms with van der Waals surface area (Å²) >= 11 is 1.41. The molecule has 0 fully saturated rings. The lowest BCUT2D eigenvalue weighted by atomic mass is 10.1. The number of para-hydroxylation sites is 1. The van der Waals surface area contributed by atoms with Crippen molar-refractivity contribution in [3.63, 3.8) is 0 Å². The van der Waals surface area contributed by atoms with E-state index >= 15 is 0 Å². The van der Waals surface area contributed by atoms with E-state index in [0.29, 0.717) is 11.3 Å². The number of allylic oxidation sites excluding steroid dienone is 1. The van der Waals surface area contributed by atoms with Gasteiger partial charge in [0.2, 0.25) is 0 Å². The summed E-state index contributed by atoms with van der Waals surface area (Å²) in [5.41, 5.74) is 3.64. The number of carbonyl (C=O) groups excluding carboxylic acids is 1. The SMILES string of the molecule is C=CCn1c(=NC(=O)c2ccccc2NS(=O)(=O)c2ccccc2)sc2cc(C)c(C)cc21. The summed E-state index contributed by atoms with van der Waals surface area (Å²) < 4.78 is 31.1. The van der Waals surface area contributed by atoms with Gasteiger partial charge >= 0.3 is 0 Å². The van der Waals surface area contributed by atoms with E-state index in [1.807, 2.05) is 18.4 Å². The first kappa shape index (κ1) is 22.7. The normalized spacial score (nSPS) is 12.1. The molecule has 0 saturated heterocycles. The molecule has 168 valence electrons. The van der Waals surface area contributed by atoms with Gasteiger partial charge < -0.3 is 4.57 Å². The van der Waals surface area contributed by atoms with Gasteiger partial charge in [-0.15, -0.1) is 6.58 Å². The Morgan fingerprint density at radius 3 is 2.45 bits per heavy atom. The highest BCUT2D eigenvalue weighted by atomic mass is 32.2. The van der Waals surface area contributed by atoms with Gasteiger partial charge in [0.1, 0.15) is 0 Å². The Morgan fingerprint density at radius 2 is 1.73 bits per heavy atom. The summed E-state index contributed by atoms with van der Waals surface area (Å²) in [7, 11) is -3.85. The molecule has 1 aromatic heterocycles. The number of hydrogen-bond acceptors (Lipinski definition) is 4. The quantitative estimate of drug-likeness (QED) is 0.395. The molecular weight excluding hydrogens is 454 g/mol. The number of nitrogens with zero attached hydrogens (tertiary/aromatic N) is 2. The lowest BCUT2D eigenvalue weighted by Crippen LogP contribution is -2.18. The largest absolute Gasteiger partial charge is 0.312 e. The topological polar surface area (TPSA) is 80.5 Å². The maximum Gasteiger partial charge on any atom is 0.281 e. The number of amides is 1. The molecule has 0 aliphatic carbocycles. The molecule has 8 heteroatoms. The van der Waals surface area contributed by atoms with Gasteiger partial charge in [0.05, 0.1) is 26.4 Å². The van der Waals surface area contributed by atoms with E-state index in [1.54, 1.807) is 48.5 Å². The third kappa shape index (κ3) is 4.67. The highest BCUT2D eigenvalue weighted by Gasteiger charge is 2.18. The third-order valence-corrected chi connectivity index (χ3v) is 7.68. The van der Waals surface area contributed by atoms with Gasteiger partial charge in [-0.1, -0.05) is 47.7 Å². The van der Waals surface area contributed by atoms with Crippen LogP contribution in [0.5, 0.6) is 0 Å². The smallest absolute Gasteiger partial charge is 0.281 e. The van der Waals surface area contributed by atoms with Gasteiger partial charge in [-0.2, -0.15) is 4.99 Å². The van der Waals surface area contributed by atoms with Crippen molar-refractivity contribution in [2.45, 2.75) is 25.3 Å². The molecule has 4 aromatic rings. The van der Waals surface area contributed by atoms with Crippen molar-refractivity contribution in [3.05, 3.63) is 101 Å². The molecule has 0 aliphatic rings. The average Bonchev–Trinajstić information content (AvgIpc) is 3.11. The van der Waals surface area contributed by atoms with Crippen LogP contribution in [0.25, 0.3) is 10.2 Å². The van der Waals surface area contributed by atoms with Gasteiger partial charge in [-0.05, 0) is 61.4 Å². The molecule has 6 nitrogen and oxygen atoms in total. The van der Waals surface area contributed by atoms with Crippen LogP contribution in [-0.2, 0) is 16.6 Å². The maximum absolute atomic E-state index is 13.2. The fraction of sp³-hybridized carbons (Fsp3) is 0.120. The maximum atomic E-state index is 13.2. The molecule has 4 rings (SSSR count). The Morgan fingerprint density at radius 1 is 1.06 bits per heavy atom. The number of anilines is 1. The third-order valence-electron chi connectivity index (χ3n) is 5.26. The fourth-order valence-corrected chi connectivity index (χ4v) is 5.64. The number of aryl methyl sites for hydroxylation is 2. The summed E-state index contributed by atoms with van der Waals surface area (Å²) in [4.78, 5) is 18.2. The number of fused-ring (bicyclic) bond motifs is 1. The van der Waals surface area contributed by atoms with E-state index in [1.165, 1.54) is 23.5 Å². The summed E-state index contributed by atoms with van der Waals surface area (Å²) in [5.74, 6) is -0.529. The number of benzene rings is 3. The lowest BCUT2D eigenvalue weighted by molar-refractivity contribution is 0.0998. The van der Waals surface area contributed by atoms with Crippen LogP contribution < -0.4 is 9.52 Å². The second-order valence-electron chi connectivity index (χ2n) is 7.57. The van der Waals surface area contributed by atoms with Crippen LogP contribution in [0.2, 0.25) is 0 Å². The molecule has 3 aromatic carbocycles. The van der Waals surface area contributed by atoms with Gasteiger partial charge in [-0.25, -0.2) is 8.42 Å². The number of carbonyl (C=O) groups is 1. The molecule has 0 atom stereocenters. The molecule has 1 amide bonds. The first-order valence-electron chi connectivity index (χ1n) is 10.3. The summed E-state index contributed by atoms with van der Waals surface area (Å²) in [6, 6.07) is 18.6. The number of nitrogens with one attached hydrogen (secondary N) is 1. The Hall–Kier alpha value is -3.49. The van der Waals surface area contributed by atoms with Crippen molar-refractivity contribution >= 4 is 43.2 Å². The van der Waals surface area contributed by atoms with E-state index in [2.05, 4.69) is 28.4 Å². The van der Waals surface area contributed by atoms with Crippen molar-refractivity contribution in [1.82, 2.24) is 4.57 Å². The second-order valence-corrected chi connectivity index (χ2v) is 10.3. The Labute approximate surface area is 196 Å². The Bertz CT molecular complexity index is 1530. The van der Waals surface area contributed by atoms with E-state index in [0.717, 1.165) is 21.3 Å². The summed E-state index contributed by atoms with van der Waals surface area (Å²) in [5, 5.41) is 0. The van der Waals surface area contributed by atoms with Crippen LogP contribution in [0.1, 0.15) is 21.5 Å². The predicted molar refractivity (Wildman–Crippen MR) is 133 cm³/mol. The number of hydrogen-bond donors (Lipinski definition) is 1. The highest BCUT2D eigenvalue weighted by Crippen LogP contribution is 2.23. The zero-order chi connectivity index (χ0) is 23.6. The van der Waals surface area contributed by atoms with Crippen molar-refractivity contribution in [2.75, 3.05) is 4.72 Å². The first-order chi connectivity index (χ1) is 15.8.